The highest BCUT2D eigenvalue weighted by Gasteiger charge is 2.26. The van der Waals surface area contributed by atoms with E-state index in [1.54, 1.807) is 0 Å². The van der Waals surface area contributed by atoms with Gasteiger partial charge in [-0.2, -0.15) is 5.10 Å². The molecular formula is C39H36N4O. The van der Waals surface area contributed by atoms with Crippen molar-refractivity contribution in [2.45, 2.75) is 26.2 Å². The van der Waals surface area contributed by atoms with Gasteiger partial charge in [-0.1, -0.05) is 99.6 Å². The van der Waals surface area contributed by atoms with E-state index in [9.17, 15) is 0 Å². The van der Waals surface area contributed by atoms with Crippen LogP contribution in [0.15, 0.2) is 134 Å². The van der Waals surface area contributed by atoms with Gasteiger partial charge in [-0.05, 0) is 52.9 Å². The third kappa shape index (κ3) is 5.33. The average Bonchev–Trinajstić information content (AvgIpc) is 3.64. The minimum absolute atomic E-state index is 0.0438. The Labute approximate surface area is 259 Å². The second-order valence-corrected chi connectivity index (χ2v) is 12.4. The van der Waals surface area contributed by atoms with Crippen molar-refractivity contribution in [2.24, 2.45) is 0 Å². The molecule has 0 radical (unpaired) electrons. The van der Waals surface area contributed by atoms with Gasteiger partial charge in [-0.15, -0.1) is 0 Å². The second-order valence-electron chi connectivity index (χ2n) is 12.4. The molecule has 6 aromatic rings. The molecule has 5 nitrogen and oxygen atoms in total. The van der Waals surface area contributed by atoms with Crippen LogP contribution in [0.25, 0.3) is 28.1 Å². The zero-order valence-electron chi connectivity index (χ0n) is 25.6. The standard InChI is InChI=1S/C39H36N4O/c1-39(2,3)30-22-32(42-27-41(4)36-20-11-12-21-37(36)42)25-34(23-30)44-33-19-13-18-31(24-33)43-26-35(28-14-7-5-8-15-28)38(40-43)29-16-9-6-10-17-29/h5-26H,27H2,1-4H3. The van der Waals surface area contributed by atoms with Crippen molar-refractivity contribution in [3.05, 3.63) is 139 Å². The summed E-state index contributed by atoms with van der Waals surface area (Å²) in [6.07, 6.45) is 2.11. The van der Waals surface area contributed by atoms with Crippen molar-refractivity contribution in [1.82, 2.24) is 9.78 Å². The highest BCUT2D eigenvalue weighted by Crippen LogP contribution is 2.42. The Bertz CT molecular complexity index is 1860. The summed E-state index contributed by atoms with van der Waals surface area (Å²) in [5.41, 5.74) is 9.91. The number of anilines is 3. The first-order chi connectivity index (χ1) is 21.3. The van der Waals surface area contributed by atoms with E-state index in [1.165, 1.54) is 16.9 Å². The maximum atomic E-state index is 6.62. The Hall–Kier alpha value is -5.29. The van der Waals surface area contributed by atoms with Crippen molar-refractivity contribution in [2.75, 3.05) is 23.5 Å². The van der Waals surface area contributed by atoms with Crippen molar-refractivity contribution < 1.29 is 4.74 Å². The van der Waals surface area contributed by atoms with Crippen LogP contribution in [0.4, 0.5) is 17.1 Å². The summed E-state index contributed by atoms with van der Waals surface area (Å²) < 4.78 is 8.57. The number of para-hydroxylation sites is 2. The van der Waals surface area contributed by atoms with Crippen LogP contribution in [0.3, 0.4) is 0 Å². The molecule has 0 amide bonds. The molecule has 5 aromatic carbocycles. The fraction of sp³-hybridized carbons (Fsp3) is 0.154. The summed E-state index contributed by atoms with van der Waals surface area (Å²) in [5.74, 6) is 1.57. The van der Waals surface area contributed by atoms with Gasteiger partial charge in [0.2, 0.25) is 0 Å². The first-order valence-electron chi connectivity index (χ1n) is 15.1. The van der Waals surface area contributed by atoms with Gasteiger partial charge in [-0.25, -0.2) is 4.68 Å². The first-order valence-corrected chi connectivity index (χ1v) is 15.1. The molecule has 1 aliphatic rings. The van der Waals surface area contributed by atoms with Gasteiger partial charge in [0.25, 0.3) is 0 Å². The lowest BCUT2D eigenvalue weighted by Crippen LogP contribution is -2.24. The SMILES string of the molecule is CN1CN(c2cc(Oc3cccc(-n4cc(-c5ccccc5)c(-c5ccccc5)n4)c3)cc(C(C)(C)C)c2)c2ccccc21. The molecular weight excluding hydrogens is 540 g/mol. The van der Waals surface area contributed by atoms with Gasteiger partial charge in [-0.3, -0.25) is 0 Å². The molecule has 0 fully saturated rings. The highest BCUT2D eigenvalue weighted by molar-refractivity contribution is 5.83. The van der Waals surface area contributed by atoms with Crippen molar-refractivity contribution in [3.8, 4) is 39.6 Å². The van der Waals surface area contributed by atoms with Crippen LogP contribution >= 0.6 is 0 Å². The van der Waals surface area contributed by atoms with Gasteiger partial charge in [0, 0.05) is 42.2 Å². The van der Waals surface area contributed by atoms with Gasteiger partial charge >= 0.3 is 0 Å². The molecule has 0 spiro atoms. The van der Waals surface area contributed by atoms with E-state index in [0.717, 1.165) is 51.9 Å². The maximum Gasteiger partial charge on any atom is 0.129 e. The summed E-state index contributed by atoms with van der Waals surface area (Å²) in [6, 6.07) is 44.1. The average molecular weight is 577 g/mol. The minimum Gasteiger partial charge on any atom is -0.457 e. The highest BCUT2D eigenvalue weighted by atomic mass is 16.5. The zero-order chi connectivity index (χ0) is 30.3. The third-order valence-corrected chi connectivity index (χ3v) is 8.17. The normalized spacial score (nSPS) is 12.8. The quantitative estimate of drug-likeness (QED) is 0.198. The summed E-state index contributed by atoms with van der Waals surface area (Å²) in [6.45, 7) is 7.52. The predicted octanol–water partition coefficient (Wildman–Crippen LogP) is 9.84. The van der Waals surface area contributed by atoms with Crippen LogP contribution in [0, 0.1) is 0 Å². The van der Waals surface area contributed by atoms with E-state index in [-0.39, 0.29) is 5.41 Å². The van der Waals surface area contributed by atoms with Crippen molar-refractivity contribution in [3.63, 3.8) is 0 Å². The maximum absolute atomic E-state index is 6.62. The molecule has 0 bridgehead atoms. The molecule has 7 rings (SSSR count). The lowest BCUT2D eigenvalue weighted by molar-refractivity contribution is 0.478. The van der Waals surface area contributed by atoms with Gasteiger partial charge in [0.05, 0.1) is 23.7 Å². The molecule has 0 saturated heterocycles. The number of fused-ring (bicyclic) bond motifs is 1. The fourth-order valence-corrected chi connectivity index (χ4v) is 5.80. The van der Waals surface area contributed by atoms with Crippen molar-refractivity contribution >= 4 is 17.1 Å². The number of rotatable bonds is 6. The molecule has 44 heavy (non-hydrogen) atoms. The van der Waals surface area contributed by atoms with Gasteiger partial charge in [0.15, 0.2) is 0 Å². The van der Waals surface area contributed by atoms with Crippen LogP contribution < -0.4 is 14.5 Å². The van der Waals surface area contributed by atoms with Crippen LogP contribution in [0.2, 0.25) is 0 Å². The topological polar surface area (TPSA) is 33.5 Å². The van der Waals surface area contributed by atoms with E-state index in [1.807, 2.05) is 28.9 Å². The number of benzene rings is 5. The summed E-state index contributed by atoms with van der Waals surface area (Å²) >= 11 is 0. The largest absolute Gasteiger partial charge is 0.457 e. The number of hydrogen-bond donors (Lipinski definition) is 0. The molecule has 0 saturated carbocycles. The second kappa shape index (κ2) is 11.1. The predicted molar refractivity (Wildman–Crippen MR) is 182 cm³/mol. The van der Waals surface area contributed by atoms with Crippen LogP contribution in [0.1, 0.15) is 26.3 Å². The molecule has 1 aliphatic heterocycles. The molecule has 0 atom stereocenters. The van der Waals surface area contributed by atoms with E-state index < -0.39 is 0 Å². The fourth-order valence-electron chi connectivity index (χ4n) is 5.80. The molecule has 218 valence electrons. The number of hydrogen-bond acceptors (Lipinski definition) is 4. The summed E-state index contributed by atoms with van der Waals surface area (Å²) in [5, 5.41) is 5.07. The molecule has 0 N–H and O–H groups in total. The van der Waals surface area contributed by atoms with E-state index in [4.69, 9.17) is 9.84 Å². The van der Waals surface area contributed by atoms with Crippen LogP contribution in [0.5, 0.6) is 11.5 Å². The minimum atomic E-state index is -0.0438. The van der Waals surface area contributed by atoms with E-state index in [2.05, 4.69) is 147 Å². The Balaban J connectivity index is 1.25. The molecule has 0 unspecified atom stereocenters. The lowest BCUT2D eigenvalue weighted by atomic mass is 9.86. The van der Waals surface area contributed by atoms with Crippen LogP contribution in [-0.2, 0) is 5.41 Å². The number of ether oxygens (including phenoxy) is 1. The Morgan fingerprint density at radius 2 is 1.30 bits per heavy atom. The number of aromatic nitrogens is 2. The molecule has 1 aromatic heterocycles. The zero-order valence-corrected chi connectivity index (χ0v) is 25.6. The molecule has 2 heterocycles. The van der Waals surface area contributed by atoms with E-state index >= 15 is 0 Å². The molecule has 5 heteroatoms. The van der Waals surface area contributed by atoms with Gasteiger partial charge < -0.3 is 14.5 Å². The first kappa shape index (κ1) is 27.5. The number of nitrogens with zero attached hydrogens (tertiary/aromatic N) is 4. The Morgan fingerprint density at radius 3 is 2.02 bits per heavy atom. The third-order valence-electron chi connectivity index (χ3n) is 8.17. The summed E-state index contributed by atoms with van der Waals surface area (Å²) in [4.78, 5) is 4.63. The van der Waals surface area contributed by atoms with Crippen LogP contribution in [-0.4, -0.2) is 23.5 Å². The Morgan fingerprint density at radius 1 is 0.636 bits per heavy atom. The Kier molecular flexibility index (Phi) is 6.94. The summed E-state index contributed by atoms with van der Waals surface area (Å²) in [7, 11) is 2.14. The van der Waals surface area contributed by atoms with Gasteiger partial charge in [0.1, 0.15) is 17.2 Å². The van der Waals surface area contributed by atoms with E-state index in [0.29, 0.717) is 0 Å². The monoisotopic (exact) mass is 576 g/mol. The molecule has 0 aliphatic carbocycles. The van der Waals surface area contributed by atoms with Crippen molar-refractivity contribution in [1.29, 1.82) is 0 Å². The smallest absolute Gasteiger partial charge is 0.129 e. The lowest BCUT2D eigenvalue weighted by Gasteiger charge is -2.25.